The van der Waals surface area contributed by atoms with Gasteiger partial charge in [-0.3, -0.25) is 14.6 Å². The molecule has 10 heteroatoms. The molecule has 1 amide bonds. The quantitative estimate of drug-likeness (QED) is 0.348. The topological polar surface area (TPSA) is 100 Å². The number of pyridine rings is 1. The number of carbonyl (C=O) groups excluding carboxylic acids is 1. The van der Waals surface area contributed by atoms with Crippen LogP contribution in [0.15, 0.2) is 55.0 Å². The number of hydrogen-bond acceptors (Lipinski definition) is 6. The van der Waals surface area contributed by atoms with Crippen LogP contribution in [0.5, 0.6) is 0 Å². The van der Waals surface area contributed by atoms with Gasteiger partial charge in [0.25, 0.3) is 5.91 Å². The normalized spacial score (nSPS) is 17.2. The SMILES string of the molecule is CON(C)C(=O)c1cnn2c(NC3(C)CCc4[nH]c5ccccc5c4C3)cc(-c3cncc(F)c3)nc12. The average Bonchev–Trinajstić information content (AvgIpc) is 3.49. The monoisotopic (exact) mass is 499 g/mol. The van der Waals surface area contributed by atoms with E-state index in [4.69, 9.17) is 4.84 Å². The largest absolute Gasteiger partial charge is 0.364 e. The predicted molar refractivity (Wildman–Crippen MR) is 138 cm³/mol. The van der Waals surface area contributed by atoms with Gasteiger partial charge in [0, 0.05) is 47.0 Å². The number of benzene rings is 1. The summed E-state index contributed by atoms with van der Waals surface area (Å²) in [5.74, 6) is -0.212. The molecule has 1 aliphatic rings. The minimum atomic E-state index is -0.469. The third-order valence-corrected chi connectivity index (χ3v) is 7.09. The Morgan fingerprint density at radius 1 is 1.24 bits per heavy atom. The number of aromatic nitrogens is 5. The maximum Gasteiger partial charge on any atom is 0.282 e. The molecule has 188 valence electrons. The van der Waals surface area contributed by atoms with Crippen LogP contribution in [0.4, 0.5) is 10.2 Å². The summed E-state index contributed by atoms with van der Waals surface area (Å²) in [5.41, 5.74) is 4.99. The van der Waals surface area contributed by atoms with Crippen LogP contribution in [0.25, 0.3) is 27.8 Å². The molecule has 0 fully saturated rings. The number of fused-ring (bicyclic) bond motifs is 4. The van der Waals surface area contributed by atoms with Gasteiger partial charge >= 0.3 is 0 Å². The molecular weight excluding hydrogens is 473 g/mol. The summed E-state index contributed by atoms with van der Waals surface area (Å²) < 4.78 is 15.6. The maximum absolute atomic E-state index is 14.0. The highest BCUT2D eigenvalue weighted by molar-refractivity contribution is 5.99. The van der Waals surface area contributed by atoms with E-state index in [1.807, 2.05) is 12.1 Å². The first kappa shape index (κ1) is 23.1. The lowest BCUT2D eigenvalue weighted by Crippen LogP contribution is -2.41. The number of rotatable bonds is 5. The highest BCUT2D eigenvalue weighted by Gasteiger charge is 2.33. The Kier molecular flexibility index (Phi) is 5.41. The molecule has 0 bridgehead atoms. The van der Waals surface area contributed by atoms with Gasteiger partial charge in [-0.05, 0) is 43.9 Å². The lowest BCUT2D eigenvalue weighted by Gasteiger charge is -2.35. The van der Waals surface area contributed by atoms with Crippen molar-refractivity contribution in [2.24, 2.45) is 0 Å². The number of H-pyrrole nitrogens is 1. The standard InChI is InChI=1S/C27H26FN7O2/c1-27(9-8-22-19(12-27)18-6-4-5-7-21(18)31-22)33-24-11-23(16-10-17(28)14-29-13-16)32-25-20(15-30-35(24)25)26(36)34(2)37-3/h4-7,10-11,13-15,31,33H,8-9,12H2,1-3H3. The molecule has 0 saturated heterocycles. The third kappa shape index (κ3) is 3.99. The molecule has 1 aromatic carbocycles. The molecule has 5 aromatic rings. The van der Waals surface area contributed by atoms with E-state index >= 15 is 0 Å². The zero-order valence-electron chi connectivity index (χ0n) is 20.7. The van der Waals surface area contributed by atoms with Crippen molar-refractivity contribution in [2.75, 3.05) is 19.5 Å². The molecule has 4 aromatic heterocycles. The van der Waals surface area contributed by atoms with Crippen molar-refractivity contribution in [1.82, 2.24) is 29.6 Å². The average molecular weight is 500 g/mol. The van der Waals surface area contributed by atoms with Gasteiger partial charge < -0.3 is 10.3 Å². The summed E-state index contributed by atoms with van der Waals surface area (Å²) in [6, 6.07) is 11.5. The Bertz CT molecular complexity index is 1660. The van der Waals surface area contributed by atoms with E-state index in [-0.39, 0.29) is 11.1 Å². The van der Waals surface area contributed by atoms with Gasteiger partial charge in [-0.15, -0.1) is 0 Å². The van der Waals surface area contributed by atoms with Crippen LogP contribution in [-0.2, 0) is 17.7 Å². The fraction of sp³-hybridized carbons (Fsp3) is 0.259. The van der Waals surface area contributed by atoms with E-state index in [2.05, 4.69) is 50.5 Å². The second-order valence-corrected chi connectivity index (χ2v) is 9.69. The zero-order valence-corrected chi connectivity index (χ0v) is 20.7. The first-order valence-electron chi connectivity index (χ1n) is 12.0. The summed E-state index contributed by atoms with van der Waals surface area (Å²) in [4.78, 5) is 30.3. The van der Waals surface area contributed by atoms with E-state index in [1.54, 1.807) is 10.7 Å². The van der Waals surface area contributed by atoms with Crippen molar-refractivity contribution in [3.05, 3.63) is 77.6 Å². The van der Waals surface area contributed by atoms with E-state index < -0.39 is 11.7 Å². The molecule has 4 heterocycles. The number of hydrogen-bond donors (Lipinski definition) is 2. The number of carbonyl (C=O) groups is 1. The van der Waals surface area contributed by atoms with Gasteiger partial charge in [-0.2, -0.15) is 9.61 Å². The van der Waals surface area contributed by atoms with Crippen molar-refractivity contribution in [3.63, 3.8) is 0 Å². The number of anilines is 1. The van der Waals surface area contributed by atoms with Crippen LogP contribution in [0.2, 0.25) is 0 Å². The Morgan fingerprint density at radius 2 is 2.08 bits per heavy atom. The van der Waals surface area contributed by atoms with Crippen LogP contribution in [0, 0.1) is 5.82 Å². The zero-order chi connectivity index (χ0) is 25.7. The van der Waals surface area contributed by atoms with Gasteiger partial charge in [0.15, 0.2) is 5.65 Å². The smallest absolute Gasteiger partial charge is 0.282 e. The molecule has 2 N–H and O–H groups in total. The van der Waals surface area contributed by atoms with Crippen molar-refractivity contribution in [2.45, 2.75) is 31.7 Å². The minimum Gasteiger partial charge on any atom is -0.364 e. The molecule has 37 heavy (non-hydrogen) atoms. The number of aryl methyl sites for hydroxylation is 1. The molecular formula is C27H26FN7O2. The van der Waals surface area contributed by atoms with E-state index in [0.29, 0.717) is 22.7 Å². The first-order valence-corrected chi connectivity index (χ1v) is 12.0. The molecule has 1 unspecified atom stereocenters. The molecule has 0 aliphatic heterocycles. The number of halogens is 1. The van der Waals surface area contributed by atoms with Crippen molar-refractivity contribution in [1.29, 1.82) is 0 Å². The van der Waals surface area contributed by atoms with Crippen molar-refractivity contribution in [3.8, 4) is 11.3 Å². The Morgan fingerprint density at radius 3 is 2.89 bits per heavy atom. The van der Waals surface area contributed by atoms with Crippen LogP contribution >= 0.6 is 0 Å². The molecule has 0 radical (unpaired) electrons. The maximum atomic E-state index is 14.0. The summed E-state index contributed by atoms with van der Waals surface area (Å²) in [6.07, 6.45) is 6.74. The summed E-state index contributed by atoms with van der Waals surface area (Å²) in [6.45, 7) is 2.18. The molecule has 9 nitrogen and oxygen atoms in total. The van der Waals surface area contributed by atoms with Crippen LogP contribution in [-0.4, -0.2) is 55.2 Å². The van der Waals surface area contributed by atoms with Crippen molar-refractivity contribution < 1.29 is 14.0 Å². The van der Waals surface area contributed by atoms with E-state index in [1.165, 1.54) is 43.1 Å². The predicted octanol–water partition coefficient (Wildman–Crippen LogP) is 4.40. The molecule has 0 saturated carbocycles. The highest BCUT2D eigenvalue weighted by atomic mass is 19.1. The molecule has 6 rings (SSSR count). The van der Waals surface area contributed by atoms with E-state index in [0.717, 1.165) is 36.0 Å². The number of para-hydroxylation sites is 1. The minimum absolute atomic E-state index is 0.270. The number of hydroxylamine groups is 2. The molecule has 1 atom stereocenters. The van der Waals surface area contributed by atoms with Crippen LogP contribution < -0.4 is 5.32 Å². The third-order valence-electron chi connectivity index (χ3n) is 7.09. The lowest BCUT2D eigenvalue weighted by molar-refractivity contribution is -0.0755. The number of nitrogens with one attached hydrogen (secondary N) is 2. The summed E-state index contributed by atoms with van der Waals surface area (Å²) in [7, 11) is 2.93. The van der Waals surface area contributed by atoms with Gasteiger partial charge in [-0.25, -0.2) is 14.4 Å². The second kappa shape index (κ2) is 8.67. The van der Waals surface area contributed by atoms with Crippen LogP contribution in [0.3, 0.4) is 0 Å². The second-order valence-electron chi connectivity index (χ2n) is 9.69. The van der Waals surface area contributed by atoms with Crippen LogP contribution in [0.1, 0.15) is 35.0 Å². The fourth-order valence-electron chi connectivity index (χ4n) is 5.12. The molecule has 1 aliphatic carbocycles. The van der Waals surface area contributed by atoms with Gasteiger partial charge in [0.2, 0.25) is 0 Å². The van der Waals surface area contributed by atoms with Crippen molar-refractivity contribution >= 4 is 28.3 Å². The Balaban J connectivity index is 1.46. The highest BCUT2D eigenvalue weighted by Crippen LogP contribution is 2.36. The number of amides is 1. The van der Waals surface area contributed by atoms with Gasteiger partial charge in [0.1, 0.15) is 17.2 Å². The van der Waals surface area contributed by atoms with Gasteiger partial charge in [-0.1, -0.05) is 18.2 Å². The number of aromatic amines is 1. The Labute approximate surface area is 212 Å². The Hall–Kier alpha value is -4.31. The fourth-order valence-corrected chi connectivity index (χ4v) is 5.12. The lowest BCUT2D eigenvalue weighted by atomic mass is 9.81. The molecule has 0 spiro atoms. The summed E-state index contributed by atoms with van der Waals surface area (Å²) >= 11 is 0. The first-order chi connectivity index (χ1) is 17.8. The van der Waals surface area contributed by atoms with Gasteiger partial charge in [0.05, 0.1) is 25.2 Å². The van der Waals surface area contributed by atoms with E-state index in [9.17, 15) is 9.18 Å². The summed E-state index contributed by atoms with van der Waals surface area (Å²) in [5, 5.41) is 10.5. The number of nitrogens with zero attached hydrogens (tertiary/aromatic N) is 5.